The summed E-state index contributed by atoms with van der Waals surface area (Å²) < 4.78 is 1.62. The monoisotopic (exact) mass is 484 g/mol. The van der Waals surface area contributed by atoms with Crippen molar-refractivity contribution in [2.24, 2.45) is 0 Å². The molecule has 4 N–H and O–H groups in total. The third-order valence-electron chi connectivity index (χ3n) is 6.02. The van der Waals surface area contributed by atoms with Crippen LogP contribution in [0.5, 0.6) is 0 Å². The molecule has 1 unspecified atom stereocenters. The van der Waals surface area contributed by atoms with E-state index in [1.807, 2.05) is 62.4 Å². The van der Waals surface area contributed by atoms with E-state index in [-0.39, 0.29) is 11.5 Å². The van der Waals surface area contributed by atoms with Gasteiger partial charge in [0.1, 0.15) is 11.6 Å². The van der Waals surface area contributed by atoms with Crippen molar-refractivity contribution in [3.05, 3.63) is 87.6 Å². The number of aromatic nitrogens is 4. The zero-order chi connectivity index (χ0) is 26.0. The molecule has 0 aliphatic heterocycles. The van der Waals surface area contributed by atoms with Crippen LogP contribution in [0.15, 0.2) is 59.4 Å². The highest BCUT2D eigenvalue weighted by atomic mass is 16.4. The fourth-order valence-corrected chi connectivity index (χ4v) is 4.42. The van der Waals surface area contributed by atoms with E-state index >= 15 is 0 Å². The fourth-order valence-electron chi connectivity index (χ4n) is 4.42. The van der Waals surface area contributed by atoms with Crippen molar-refractivity contribution in [2.45, 2.75) is 40.2 Å². The lowest BCUT2D eigenvalue weighted by molar-refractivity contribution is -0.131. The second-order valence-electron chi connectivity index (χ2n) is 8.58. The van der Waals surface area contributed by atoms with Crippen molar-refractivity contribution in [3.63, 3.8) is 0 Å². The Labute approximate surface area is 208 Å². The molecule has 0 fully saturated rings. The number of allylic oxidation sites excluding steroid dienone is 1. The summed E-state index contributed by atoms with van der Waals surface area (Å²) in [5.74, 6) is -0.141. The molecule has 2 aromatic carbocycles. The van der Waals surface area contributed by atoms with E-state index in [2.05, 4.69) is 15.3 Å². The van der Waals surface area contributed by atoms with Gasteiger partial charge in [-0.15, -0.1) is 0 Å². The SMILES string of the molecule is CCC(Nc1nc(N)nc(C)c1/C(C)=C/C(=O)O)c1nc2cccc(C)c2c(=O)n1-c1ccccc1. The minimum absolute atomic E-state index is 0.0549. The normalized spacial score (nSPS) is 12.5. The highest BCUT2D eigenvalue weighted by Gasteiger charge is 2.23. The molecule has 2 heterocycles. The van der Waals surface area contributed by atoms with Crippen molar-refractivity contribution in [3.8, 4) is 5.69 Å². The molecule has 4 aromatic rings. The number of hydrogen-bond acceptors (Lipinski definition) is 7. The minimum Gasteiger partial charge on any atom is -0.478 e. The average Bonchev–Trinajstić information content (AvgIpc) is 2.82. The predicted octanol–water partition coefficient (Wildman–Crippen LogP) is 4.43. The number of carboxylic acids is 1. The third kappa shape index (κ3) is 4.68. The molecule has 36 heavy (non-hydrogen) atoms. The van der Waals surface area contributed by atoms with E-state index in [1.54, 1.807) is 18.4 Å². The number of nitrogens with zero attached hydrogens (tertiary/aromatic N) is 4. The van der Waals surface area contributed by atoms with Gasteiger partial charge in [0.15, 0.2) is 0 Å². The van der Waals surface area contributed by atoms with Gasteiger partial charge in [0, 0.05) is 11.6 Å². The number of aryl methyl sites for hydroxylation is 2. The van der Waals surface area contributed by atoms with Gasteiger partial charge in [-0.1, -0.05) is 37.3 Å². The Hall–Kier alpha value is -4.53. The van der Waals surface area contributed by atoms with Gasteiger partial charge in [-0.25, -0.2) is 14.8 Å². The number of aliphatic carboxylic acids is 1. The van der Waals surface area contributed by atoms with Crippen molar-refractivity contribution in [2.75, 3.05) is 11.1 Å². The van der Waals surface area contributed by atoms with Crippen LogP contribution in [0, 0.1) is 13.8 Å². The van der Waals surface area contributed by atoms with Crippen molar-refractivity contribution in [1.82, 2.24) is 19.5 Å². The van der Waals surface area contributed by atoms with E-state index < -0.39 is 12.0 Å². The molecule has 4 rings (SSSR count). The highest BCUT2D eigenvalue weighted by Crippen LogP contribution is 2.30. The minimum atomic E-state index is -1.08. The number of carbonyl (C=O) groups is 1. The number of nitrogens with one attached hydrogen (secondary N) is 1. The number of carboxylic acid groups (broad SMARTS) is 1. The van der Waals surface area contributed by atoms with Gasteiger partial charge in [-0.3, -0.25) is 9.36 Å². The summed E-state index contributed by atoms with van der Waals surface area (Å²) in [6.07, 6.45) is 1.66. The standard InChI is InChI=1S/C27H28N6O3/c1-5-19(30-24-22(16(3)14-21(34)35)17(4)29-27(28)32-24)25-31-20-13-9-10-15(2)23(20)26(36)33(25)18-11-7-6-8-12-18/h6-14,19H,5H2,1-4H3,(H,34,35)(H3,28,29,30,32)/b16-14+. The molecule has 0 saturated carbocycles. The number of anilines is 2. The number of hydrogen-bond donors (Lipinski definition) is 3. The van der Waals surface area contributed by atoms with Crippen molar-refractivity contribution in [1.29, 1.82) is 0 Å². The van der Waals surface area contributed by atoms with E-state index in [1.165, 1.54) is 0 Å². The lowest BCUT2D eigenvalue weighted by Crippen LogP contribution is -2.29. The maximum Gasteiger partial charge on any atom is 0.328 e. The van der Waals surface area contributed by atoms with E-state index in [0.29, 0.717) is 51.5 Å². The molecule has 0 aliphatic carbocycles. The lowest BCUT2D eigenvalue weighted by atomic mass is 10.0. The molecular weight excluding hydrogens is 456 g/mol. The number of benzene rings is 2. The second-order valence-corrected chi connectivity index (χ2v) is 8.58. The molecule has 9 nitrogen and oxygen atoms in total. The maximum absolute atomic E-state index is 13.8. The van der Waals surface area contributed by atoms with Crippen LogP contribution < -0.4 is 16.6 Å². The van der Waals surface area contributed by atoms with E-state index in [4.69, 9.17) is 10.7 Å². The fraction of sp³-hybridized carbons (Fsp3) is 0.222. The highest BCUT2D eigenvalue weighted by molar-refractivity contribution is 5.91. The lowest BCUT2D eigenvalue weighted by Gasteiger charge is -2.24. The smallest absolute Gasteiger partial charge is 0.328 e. The van der Waals surface area contributed by atoms with Crippen LogP contribution in [0.1, 0.15) is 49.0 Å². The molecule has 0 bridgehead atoms. The van der Waals surface area contributed by atoms with Crippen LogP contribution in [0.2, 0.25) is 0 Å². The summed E-state index contributed by atoms with van der Waals surface area (Å²) in [5, 5.41) is 13.2. The van der Waals surface area contributed by atoms with Crippen LogP contribution >= 0.6 is 0 Å². The number of fused-ring (bicyclic) bond motifs is 1. The van der Waals surface area contributed by atoms with E-state index in [0.717, 1.165) is 11.6 Å². The molecule has 0 spiro atoms. The van der Waals surface area contributed by atoms with E-state index in [9.17, 15) is 14.7 Å². The summed E-state index contributed by atoms with van der Waals surface area (Å²) in [7, 11) is 0. The van der Waals surface area contributed by atoms with Crippen LogP contribution in [0.4, 0.5) is 11.8 Å². The Balaban J connectivity index is 1.96. The molecule has 0 aliphatic rings. The van der Waals surface area contributed by atoms with Crippen LogP contribution in [-0.2, 0) is 4.79 Å². The summed E-state index contributed by atoms with van der Waals surface area (Å²) in [4.78, 5) is 38.7. The molecule has 0 radical (unpaired) electrons. The van der Waals surface area contributed by atoms with Crippen molar-refractivity contribution < 1.29 is 9.90 Å². The maximum atomic E-state index is 13.8. The summed E-state index contributed by atoms with van der Waals surface area (Å²) in [6.45, 7) is 7.29. The average molecular weight is 485 g/mol. The molecule has 1 atom stereocenters. The van der Waals surface area contributed by atoms with Gasteiger partial charge >= 0.3 is 5.97 Å². The number of para-hydroxylation sites is 1. The Morgan fingerprint density at radius 3 is 2.50 bits per heavy atom. The first-order chi connectivity index (χ1) is 17.2. The first-order valence-corrected chi connectivity index (χ1v) is 11.6. The largest absolute Gasteiger partial charge is 0.478 e. The molecule has 2 aromatic heterocycles. The first-order valence-electron chi connectivity index (χ1n) is 11.6. The Morgan fingerprint density at radius 1 is 1.11 bits per heavy atom. The summed E-state index contributed by atoms with van der Waals surface area (Å²) in [5.41, 5.74) is 9.47. The van der Waals surface area contributed by atoms with Gasteiger partial charge in [0.25, 0.3) is 5.56 Å². The zero-order valence-corrected chi connectivity index (χ0v) is 20.6. The predicted molar refractivity (Wildman–Crippen MR) is 141 cm³/mol. The van der Waals surface area contributed by atoms with Crippen LogP contribution in [0.3, 0.4) is 0 Å². The van der Waals surface area contributed by atoms with Gasteiger partial charge in [-0.2, -0.15) is 4.98 Å². The van der Waals surface area contributed by atoms with Gasteiger partial charge in [0.05, 0.1) is 28.3 Å². The molecular formula is C27H28N6O3. The summed E-state index contributed by atoms with van der Waals surface area (Å²) in [6, 6.07) is 14.5. The number of nitrogens with two attached hydrogens (primary N) is 1. The van der Waals surface area contributed by atoms with Crippen LogP contribution in [-0.4, -0.2) is 30.6 Å². The topological polar surface area (TPSA) is 136 Å². The zero-order valence-electron chi connectivity index (χ0n) is 20.6. The molecule has 0 amide bonds. The molecule has 0 saturated heterocycles. The van der Waals surface area contributed by atoms with Crippen molar-refractivity contribution >= 4 is 34.2 Å². The number of nitrogen functional groups attached to an aromatic ring is 1. The number of rotatable bonds is 7. The van der Waals surface area contributed by atoms with Gasteiger partial charge in [0.2, 0.25) is 5.95 Å². The Kier molecular flexibility index (Phi) is 6.82. The third-order valence-corrected chi connectivity index (χ3v) is 6.02. The van der Waals surface area contributed by atoms with Gasteiger partial charge < -0.3 is 16.2 Å². The second kappa shape index (κ2) is 9.99. The Morgan fingerprint density at radius 2 is 1.83 bits per heavy atom. The van der Waals surface area contributed by atoms with Crippen LogP contribution in [0.25, 0.3) is 22.2 Å². The first kappa shape index (κ1) is 24.6. The quantitative estimate of drug-likeness (QED) is 0.328. The Bertz CT molecular complexity index is 1540. The molecule has 9 heteroatoms. The molecule has 184 valence electrons. The van der Waals surface area contributed by atoms with Gasteiger partial charge in [-0.05, 0) is 56.5 Å². The summed E-state index contributed by atoms with van der Waals surface area (Å²) >= 11 is 0.